The van der Waals surface area contributed by atoms with E-state index in [9.17, 15) is 4.79 Å². The zero-order chi connectivity index (χ0) is 14.7. The van der Waals surface area contributed by atoms with Gasteiger partial charge in [0.2, 0.25) is 0 Å². The van der Waals surface area contributed by atoms with Crippen LogP contribution in [0.2, 0.25) is 0 Å². The molecule has 1 unspecified atom stereocenters. The quantitative estimate of drug-likeness (QED) is 0.821. The van der Waals surface area contributed by atoms with Gasteiger partial charge in [-0.3, -0.25) is 4.79 Å². The van der Waals surface area contributed by atoms with Crippen molar-refractivity contribution in [3.63, 3.8) is 0 Å². The Morgan fingerprint density at radius 3 is 2.75 bits per heavy atom. The highest BCUT2D eigenvalue weighted by molar-refractivity contribution is 6.00. The number of H-pyrrole nitrogens is 1. The van der Waals surface area contributed by atoms with Gasteiger partial charge >= 0.3 is 0 Å². The van der Waals surface area contributed by atoms with Crippen LogP contribution in [0.15, 0.2) is 24.3 Å². The van der Waals surface area contributed by atoms with Crippen LogP contribution in [0, 0.1) is 5.92 Å². The van der Waals surface area contributed by atoms with Gasteiger partial charge in [-0.05, 0) is 25.0 Å². The van der Waals surface area contributed by atoms with Gasteiger partial charge in [0.15, 0.2) is 0 Å². The SMILES string of the molecule is CCC(C)CN(CC)C(=O)c1cc2cccc(N)c2[nH]1. The molecule has 1 aromatic carbocycles. The van der Waals surface area contributed by atoms with Crippen molar-refractivity contribution in [2.24, 2.45) is 5.92 Å². The minimum Gasteiger partial charge on any atom is -0.397 e. The monoisotopic (exact) mass is 273 g/mol. The lowest BCUT2D eigenvalue weighted by molar-refractivity contribution is 0.0736. The Labute approximate surface area is 120 Å². The molecule has 1 heterocycles. The Morgan fingerprint density at radius 1 is 1.40 bits per heavy atom. The molecule has 20 heavy (non-hydrogen) atoms. The van der Waals surface area contributed by atoms with E-state index in [1.54, 1.807) is 0 Å². The Morgan fingerprint density at radius 2 is 2.15 bits per heavy atom. The number of nitrogen functional groups attached to an aromatic ring is 1. The Balaban J connectivity index is 2.27. The predicted molar refractivity (Wildman–Crippen MR) is 83.7 cm³/mol. The molecule has 0 aliphatic carbocycles. The van der Waals surface area contributed by atoms with Gasteiger partial charge in [-0.25, -0.2) is 0 Å². The van der Waals surface area contributed by atoms with Crippen LogP contribution >= 0.6 is 0 Å². The van der Waals surface area contributed by atoms with Crippen molar-refractivity contribution >= 4 is 22.5 Å². The highest BCUT2D eigenvalue weighted by Gasteiger charge is 2.18. The largest absolute Gasteiger partial charge is 0.397 e. The van der Waals surface area contributed by atoms with Gasteiger partial charge in [0.1, 0.15) is 5.69 Å². The Hall–Kier alpha value is -1.97. The summed E-state index contributed by atoms with van der Waals surface area (Å²) in [7, 11) is 0. The first-order chi connectivity index (χ1) is 9.56. The maximum absolute atomic E-state index is 12.6. The molecule has 1 amide bonds. The molecular formula is C16H23N3O. The molecule has 1 aromatic heterocycles. The van der Waals surface area contributed by atoms with Gasteiger partial charge in [-0.15, -0.1) is 0 Å². The molecule has 0 radical (unpaired) electrons. The second kappa shape index (κ2) is 5.99. The number of aromatic nitrogens is 1. The predicted octanol–water partition coefficient (Wildman–Crippen LogP) is 3.26. The fraction of sp³-hybridized carbons (Fsp3) is 0.438. The summed E-state index contributed by atoms with van der Waals surface area (Å²) in [5, 5.41) is 0.980. The van der Waals surface area contributed by atoms with Crippen LogP contribution in [0.3, 0.4) is 0 Å². The van der Waals surface area contributed by atoms with Crippen molar-refractivity contribution in [2.45, 2.75) is 27.2 Å². The lowest BCUT2D eigenvalue weighted by Crippen LogP contribution is -2.34. The van der Waals surface area contributed by atoms with Gasteiger partial charge in [0.05, 0.1) is 11.2 Å². The van der Waals surface area contributed by atoms with Crippen LogP contribution in [-0.4, -0.2) is 28.9 Å². The van der Waals surface area contributed by atoms with Gasteiger partial charge in [-0.1, -0.05) is 32.4 Å². The summed E-state index contributed by atoms with van der Waals surface area (Å²) in [6.07, 6.45) is 1.07. The number of nitrogens with zero attached hydrogens (tertiary/aromatic N) is 1. The summed E-state index contributed by atoms with van der Waals surface area (Å²) in [5.41, 5.74) is 8.05. The fourth-order valence-corrected chi connectivity index (χ4v) is 2.33. The van der Waals surface area contributed by atoms with Crippen LogP contribution in [0.4, 0.5) is 5.69 Å². The van der Waals surface area contributed by atoms with E-state index in [4.69, 9.17) is 5.73 Å². The lowest BCUT2D eigenvalue weighted by Gasteiger charge is -2.23. The number of amides is 1. The maximum Gasteiger partial charge on any atom is 0.270 e. The maximum atomic E-state index is 12.6. The first-order valence-corrected chi connectivity index (χ1v) is 7.23. The third kappa shape index (κ3) is 2.79. The van der Waals surface area contributed by atoms with Crippen molar-refractivity contribution < 1.29 is 4.79 Å². The number of nitrogens with one attached hydrogen (secondary N) is 1. The minimum atomic E-state index is 0.0448. The van der Waals surface area contributed by atoms with Crippen LogP contribution in [0.1, 0.15) is 37.7 Å². The first-order valence-electron chi connectivity index (χ1n) is 7.23. The zero-order valence-electron chi connectivity index (χ0n) is 12.4. The van der Waals surface area contributed by atoms with E-state index >= 15 is 0 Å². The number of carbonyl (C=O) groups is 1. The molecule has 3 N–H and O–H groups in total. The highest BCUT2D eigenvalue weighted by atomic mass is 16.2. The summed E-state index contributed by atoms with van der Waals surface area (Å²) in [6.45, 7) is 7.83. The van der Waals surface area contributed by atoms with Crippen molar-refractivity contribution in [3.8, 4) is 0 Å². The summed E-state index contributed by atoms with van der Waals surface area (Å²) >= 11 is 0. The lowest BCUT2D eigenvalue weighted by atomic mass is 10.1. The molecular weight excluding hydrogens is 250 g/mol. The van der Waals surface area contributed by atoms with Crippen molar-refractivity contribution in [1.82, 2.24) is 9.88 Å². The molecule has 0 spiro atoms. The van der Waals surface area contributed by atoms with E-state index in [-0.39, 0.29) is 5.91 Å². The average Bonchev–Trinajstić information content (AvgIpc) is 2.89. The third-order valence-electron chi connectivity index (χ3n) is 3.82. The topological polar surface area (TPSA) is 62.1 Å². The molecule has 2 aromatic rings. The smallest absolute Gasteiger partial charge is 0.270 e. The number of hydrogen-bond donors (Lipinski definition) is 2. The number of para-hydroxylation sites is 1. The van der Waals surface area contributed by atoms with Crippen molar-refractivity contribution in [2.75, 3.05) is 18.8 Å². The van der Waals surface area contributed by atoms with Gasteiger partial charge in [0, 0.05) is 18.5 Å². The summed E-state index contributed by atoms with van der Waals surface area (Å²) in [6, 6.07) is 7.58. The summed E-state index contributed by atoms with van der Waals surface area (Å²) < 4.78 is 0. The number of benzene rings is 1. The molecule has 0 bridgehead atoms. The number of aromatic amines is 1. The van der Waals surface area contributed by atoms with Crippen LogP contribution in [0.5, 0.6) is 0 Å². The zero-order valence-corrected chi connectivity index (χ0v) is 12.4. The molecule has 4 heteroatoms. The minimum absolute atomic E-state index is 0.0448. The standard InChI is InChI=1S/C16H23N3O/c1-4-11(3)10-19(5-2)16(20)14-9-12-7-6-8-13(17)15(12)18-14/h6-9,11,18H,4-5,10,17H2,1-3H3. The average molecular weight is 273 g/mol. The normalized spacial score (nSPS) is 12.6. The number of fused-ring (bicyclic) bond motifs is 1. The summed E-state index contributed by atoms with van der Waals surface area (Å²) in [4.78, 5) is 17.6. The van der Waals surface area contributed by atoms with E-state index in [0.29, 0.717) is 23.8 Å². The van der Waals surface area contributed by atoms with Crippen LogP contribution in [-0.2, 0) is 0 Å². The Kier molecular flexibility index (Phi) is 4.32. The van der Waals surface area contributed by atoms with Crippen LogP contribution < -0.4 is 5.73 Å². The molecule has 108 valence electrons. The summed E-state index contributed by atoms with van der Waals surface area (Å²) in [5.74, 6) is 0.553. The molecule has 2 rings (SSSR count). The number of anilines is 1. The second-order valence-electron chi connectivity index (χ2n) is 5.35. The van der Waals surface area contributed by atoms with Crippen molar-refractivity contribution in [3.05, 3.63) is 30.0 Å². The number of carbonyl (C=O) groups excluding carboxylic acids is 1. The second-order valence-corrected chi connectivity index (χ2v) is 5.35. The van der Waals surface area contributed by atoms with Crippen LogP contribution in [0.25, 0.3) is 10.9 Å². The fourth-order valence-electron chi connectivity index (χ4n) is 2.33. The third-order valence-corrected chi connectivity index (χ3v) is 3.82. The van der Waals surface area contributed by atoms with E-state index in [1.807, 2.05) is 36.1 Å². The number of rotatable bonds is 5. The molecule has 0 aliphatic rings. The van der Waals surface area contributed by atoms with E-state index in [2.05, 4.69) is 18.8 Å². The molecule has 0 saturated heterocycles. The number of nitrogens with two attached hydrogens (primary N) is 1. The van der Waals surface area contributed by atoms with Gasteiger partial charge in [0.25, 0.3) is 5.91 Å². The molecule has 4 nitrogen and oxygen atoms in total. The van der Waals surface area contributed by atoms with Crippen molar-refractivity contribution in [1.29, 1.82) is 0 Å². The molecule has 0 aliphatic heterocycles. The molecule has 1 atom stereocenters. The highest BCUT2D eigenvalue weighted by Crippen LogP contribution is 2.22. The van der Waals surface area contributed by atoms with E-state index in [0.717, 1.165) is 23.9 Å². The molecule has 0 saturated carbocycles. The van der Waals surface area contributed by atoms with Gasteiger partial charge in [-0.2, -0.15) is 0 Å². The number of hydrogen-bond acceptors (Lipinski definition) is 2. The van der Waals surface area contributed by atoms with E-state index < -0.39 is 0 Å². The van der Waals surface area contributed by atoms with E-state index in [1.165, 1.54) is 0 Å². The molecule has 0 fully saturated rings. The van der Waals surface area contributed by atoms with Gasteiger partial charge < -0.3 is 15.6 Å². The Bertz CT molecular complexity index is 603. The first kappa shape index (κ1) is 14.4.